The third-order valence-corrected chi connectivity index (χ3v) is 3.18. The molecule has 0 aliphatic carbocycles. The second-order valence-corrected chi connectivity index (χ2v) is 4.55. The molecule has 0 radical (unpaired) electrons. The van der Waals surface area contributed by atoms with Crippen molar-refractivity contribution in [3.8, 4) is 5.75 Å². The Balaban J connectivity index is 2.36. The normalized spacial score (nSPS) is 12.5. The van der Waals surface area contributed by atoms with Crippen LogP contribution in [-0.4, -0.2) is 19.0 Å². The first kappa shape index (κ1) is 14.3. The summed E-state index contributed by atoms with van der Waals surface area (Å²) in [5.41, 5.74) is 0.647. The predicted octanol–water partition coefficient (Wildman–Crippen LogP) is 3.33. The highest BCUT2D eigenvalue weighted by molar-refractivity contribution is 6.20. The molecule has 0 spiro atoms. The zero-order valence-electron chi connectivity index (χ0n) is 10.3. The van der Waals surface area contributed by atoms with E-state index in [1.165, 1.54) is 13.2 Å². The second kappa shape index (κ2) is 7.51. The molecule has 0 aliphatic rings. The van der Waals surface area contributed by atoms with Gasteiger partial charge < -0.3 is 10.1 Å². The van der Waals surface area contributed by atoms with Crippen molar-refractivity contribution in [2.75, 3.05) is 13.7 Å². The molecule has 1 N–H and O–H groups in total. The van der Waals surface area contributed by atoms with Crippen LogP contribution in [0.15, 0.2) is 18.2 Å². The van der Waals surface area contributed by atoms with E-state index in [9.17, 15) is 4.39 Å². The van der Waals surface area contributed by atoms with Gasteiger partial charge in [-0.25, -0.2) is 4.39 Å². The van der Waals surface area contributed by atoms with Crippen LogP contribution in [0.5, 0.6) is 5.75 Å². The number of hydrogen-bond acceptors (Lipinski definition) is 2. The highest BCUT2D eigenvalue weighted by Crippen LogP contribution is 2.16. The first-order valence-electron chi connectivity index (χ1n) is 5.84. The molecule has 0 saturated carbocycles. The lowest BCUT2D eigenvalue weighted by atomic mass is 10.2. The molecule has 1 atom stereocenters. The standard InChI is InChI=1S/C13H19ClFNO/c1-3-11(14)6-7-16-9-10-4-5-12(17-2)8-13(10)15/h4-5,8,11,16H,3,6-7,9H2,1-2H3. The highest BCUT2D eigenvalue weighted by Gasteiger charge is 2.04. The van der Waals surface area contributed by atoms with Gasteiger partial charge in [0, 0.05) is 23.6 Å². The summed E-state index contributed by atoms with van der Waals surface area (Å²) in [5.74, 6) is 0.299. The maximum atomic E-state index is 13.5. The Hall–Kier alpha value is -0.800. The van der Waals surface area contributed by atoms with Gasteiger partial charge >= 0.3 is 0 Å². The van der Waals surface area contributed by atoms with E-state index in [0.717, 1.165) is 19.4 Å². The minimum Gasteiger partial charge on any atom is -0.497 e. The summed E-state index contributed by atoms with van der Waals surface area (Å²) in [5, 5.41) is 3.38. The molecular weight excluding hydrogens is 241 g/mol. The fraction of sp³-hybridized carbons (Fsp3) is 0.538. The van der Waals surface area contributed by atoms with Crippen LogP contribution < -0.4 is 10.1 Å². The number of methoxy groups -OCH3 is 1. The summed E-state index contributed by atoms with van der Waals surface area (Å²) in [4.78, 5) is 0. The van der Waals surface area contributed by atoms with Gasteiger partial charge in [-0.15, -0.1) is 11.6 Å². The second-order valence-electron chi connectivity index (χ2n) is 3.93. The molecule has 0 fully saturated rings. The molecule has 0 saturated heterocycles. The highest BCUT2D eigenvalue weighted by atomic mass is 35.5. The molecule has 0 aromatic heterocycles. The van der Waals surface area contributed by atoms with Crippen LogP contribution in [0.25, 0.3) is 0 Å². The van der Waals surface area contributed by atoms with E-state index in [0.29, 0.717) is 17.9 Å². The van der Waals surface area contributed by atoms with Crippen LogP contribution >= 0.6 is 11.6 Å². The van der Waals surface area contributed by atoms with Crippen molar-refractivity contribution in [2.24, 2.45) is 0 Å². The van der Waals surface area contributed by atoms with Crippen LogP contribution in [0.2, 0.25) is 0 Å². The van der Waals surface area contributed by atoms with E-state index in [1.807, 2.05) is 0 Å². The molecule has 0 aliphatic heterocycles. The predicted molar refractivity (Wildman–Crippen MR) is 69.2 cm³/mol. The number of ether oxygens (including phenoxy) is 1. The van der Waals surface area contributed by atoms with Crippen molar-refractivity contribution in [2.45, 2.75) is 31.7 Å². The lowest BCUT2D eigenvalue weighted by molar-refractivity contribution is 0.410. The van der Waals surface area contributed by atoms with Crippen LogP contribution in [0.1, 0.15) is 25.3 Å². The monoisotopic (exact) mass is 259 g/mol. The zero-order valence-corrected chi connectivity index (χ0v) is 11.1. The van der Waals surface area contributed by atoms with Crippen molar-refractivity contribution in [3.05, 3.63) is 29.6 Å². The molecule has 0 heterocycles. The quantitative estimate of drug-likeness (QED) is 0.599. The smallest absolute Gasteiger partial charge is 0.131 e. The molecule has 0 bridgehead atoms. The molecular formula is C13H19ClFNO. The summed E-state index contributed by atoms with van der Waals surface area (Å²) in [6.45, 7) is 3.37. The number of benzene rings is 1. The summed E-state index contributed by atoms with van der Waals surface area (Å²) in [6.07, 6.45) is 1.86. The minimum atomic E-state index is -0.241. The lowest BCUT2D eigenvalue weighted by Crippen LogP contribution is -2.18. The summed E-state index contributed by atoms with van der Waals surface area (Å²) < 4.78 is 18.5. The molecule has 1 aromatic carbocycles. The Kier molecular flexibility index (Phi) is 6.30. The number of hydrogen-bond donors (Lipinski definition) is 1. The molecule has 0 amide bonds. The van der Waals surface area contributed by atoms with E-state index in [4.69, 9.17) is 16.3 Å². The molecule has 1 unspecified atom stereocenters. The van der Waals surface area contributed by atoms with E-state index in [1.54, 1.807) is 12.1 Å². The largest absolute Gasteiger partial charge is 0.497 e. The molecule has 17 heavy (non-hydrogen) atoms. The van der Waals surface area contributed by atoms with Crippen molar-refractivity contribution in [3.63, 3.8) is 0 Å². The molecule has 96 valence electrons. The SMILES string of the molecule is CCC(Cl)CCNCc1ccc(OC)cc1F. The Labute approximate surface area is 107 Å². The van der Waals surface area contributed by atoms with Crippen molar-refractivity contribution in [1.29, 1.82) is 0 Å². The maximum absolute atomic E-state index is 13.5. The zero-order chi connectivity index (χ0) is 12.7. The number of alkyl halides is 1. The number of rotatable bonds is 7. The number of halogens is 2. The Morgan fingerprint density at radius 2 is 2.24 bits per heavy atom. The molecule has 4 heteroatoms. The van der Waals surface area contributed by atoms with Gasteiger partial charge in [-0.05, 0) is 25.5 Å². The van der Waals surface area contributed by atoms with Gasteiger partial charge in [-0.3, -0.25) is 0 Å². The summed E-state index contributed by atoms with van der Waals surface area (Å²) >= 11 is 5.99. The lowest BCUT2D eigenvalue weighted by Gasteiger charge is -2.09. The average molecular weight is 260 g/mol. The topological polar surface area (TPSA) is 21.3 Å². The molecule has 1 rings (SSSR count). The molecule has 2 nitrogen and oxygen atoms in total. The van der Waals surface area contributed by atoms with Gasteiger partial charge in [0.2, 0.25) is 0 Å². The van der Waals surface area contributed by atoms with Gasteiger partial charge in [0.05, 0.1) is 7.11 Å². The van der Waals surface area contributed by atoms with E-state index < -0.39 is 0 Å². The Morgan fingerprint density at radius 3 is 2.82 bits per heavy atom. The van der Waals surface area contributed by atoms with E-state index in [-0.39, 0.29) is 11.2 Å². The minimum absolute atomic E-state index is 0.197. The van der Waals surface area contributed by atoms with Gasteiger partial charge in [0.1, 0.15) is 11.6 Å². The van der Waals surface area contributed by atoms with Crippen LogP contribution in [0.4, 0.5) is 4.39 Å². The van der Waals surface area contributed by atoms with Crippen LogP contribution in [-0.2, 0) is 6.54 Å². The number of nitrogens with one attached hydrogen (secondary N) is 1. The van der Waals surface area contributed by atoms with E-state index in [2.05, 4.69) is 12.2 Å². The van der Waals surface area contributed by atoms with Gasteiger partial charge in [0.25, 0.3) is 0 Å². The third-order valence-electron chi connectivity index (χ3n) is 2.65. The van der Waals surface area contributed by atoms with Crippen LogP contribution in [0.3, 0.4) is 0 Å². The van der Waals surface area contributed by atoms with Crippen molar-refractivity contribution < 1.29 is 9.13 Å². The van der Waals surface area contributed by atoms with Crippen LogP contribution in [0, 0.1) is 5.82 Å². The van der Waals surface area contributed by atoms with Crippen molar-refractivity contribution in [1.82, 2.24) is 5.32 Å². The Morgan fingerprint density at radius 1 is 1.47 bits per heavy atom. The third kappa shape index (κ3) is 4.92. The fourth-order valence-electron chi connectivity index (χ4n) is 1.48. The fourth-order valence-corrected chi connectivity index (χ4v) is 1.59. The van der Waals surface area contributed by atoms with E-state index >= 15 is 0 Å². The van der Waals surface area contributed by atoms with Gasteiger partial charge in [0.15, 0.2) is 0 Å². The molecule has 1 aromatic rings. The first-order chi connectivity index (χ1) is 8.17. The Bertz CT molecular complexity index is 346. The van der Waals surface area contributed by atoms with Gasteiger partial charge in [-0.2, -0.15) is 0 Å². The van der Waals surface area contributed by atoms with Gasteiger partial charge in [-0.1, -0.05) is 13.0 Å². The summed E-state index contributed by atoms with van der Waals surface area (Å²) in [7, 11) is 1.53. The average Bonchev–Trinajstić information content (AvgIpc) is 2.35. The van der Waals surface area contributed by atoms with Crippen molar-refractivity contribution >= 4 is 11.6 Å². The first-order valence-corrected chi connectivity index (χ1v) is 6.28. The summed E-state index contributed by atoms with van der Waals surface area (Å²) in [6, 6.07) is 4.89. The maximum Gasteiger partial charge on any atom is 0.131 e.